The molecular weight excluding hydrogens is 375 g/mol. The highest BCUT2D eigenvalue weighted by molar-refractivity contribution is 6.08. The number of Topliss-reactive ketones (excluding diaryl/α,β-unsaturated/α-hetero) is 1. The highest BCUT2D eigenvalue weighted by Gasteiger charge is 2.57. The molecule has 1 saturated heterocycles. The van der Waals surface area contributed by atoms with Gasteiger partial charge in [0.2, 0.25) is 0 Å². The fraction of sp³-hybridized carbons (Fsp3) is 0.318. The minimum Gasteiger partial charge on any atom is -0.481 e. The van der Waals surface area contributed by atoms with Crippen LogP contribution in [0.1, 0.15) is 40.2 Å². The van der Waals surface area contributed by atoms with E-state index in [1.165, 1.54) is 23.1 Å². The van der Waals surface area contributed by atoms with Crippen LogP contribution < -0.4 is 5.73 Å². The molecule has 0 radical (unpaired) electrons. The second kappa shape index (κ2) is 6.99. The highest BCUT2D eigenvalue weighted by atomic mass is 19.1. The van der Waals surface area contributed by atoms with Crippen LogP contribution in [0.3, 0.4) is 0 Å². The maximum Gasteiger partial charge on any atom is 0.314 e. The van der Waals surface area contributed by atoms with Crippen LogP contribution in [0.5, 0.6) is 0 Å². The zero-order chi connectivity index (χ0) is 20.8. The lowest BCUT2D eigenvalue weighted by Gasteiger charge is -2.45. The van der Waals surface area contributed by atoms with Gasteiger partial charge < -0.3 is 15.7 Å². The van der Waals surface area contributed by atoms with Crippen LogP contribution in [0.2, 0.25) is 0 Å². The number of aliphatic carboxylic acids is 1. The molecule has 4 rings (SSSR count). The summed E-state index contributed by atoms with van der Waals surface area (Å²) in [5, 5.41) is 10.3. The number of nitrogens with two attached hydrogens (primary N) is 1. The number of carbonyl (C=O) groups is 3. The first-order chi connectivity index (χ1) is 13.8. The van der Waals surface area contributed by atoms with E-state index in [1.807, 2.05) is 30.3 Å². The molecule has 2 aromatic carbocycles. The van der Waals surface area contributed by atoms with Crippen molar-refractivity contribution in [2.45, 2.75) is 24.2 Å². The molecule has 1 heterocycles. The van der Waals surface area contributed by atoms with Gasteiger partial charge in [-0.3, -0.25) is 9.59 Å². The third-order valence-corrected chi connectivity index (χ3v) is 6.37. The van der Waals surface area contributed by atoms with Gasteiger partial charge in [-0.05, 0) is 41.7 Å². The topological polar surface area (TPSA) is 101 Å². The molecule has 3 atom stereocenters. The molecule has 1 aliphatic heterocycles. The number of carboxylic acids is 1. The summed E-state index contributed by atoms with van der Waals surface area (Å²) in [5.74, 6) is -2.87. The number of hydrogen-bond donors (Lipinski definition) is 2. The lowest BCUT2D eigenvalue weighted by atomic mass is 9.62. The molecular formula is C22H21FN2O4. The summed E-state index contributed by atoms with van der Waals surface area (Å²) >= 11 is 0. The predicted octanol–water partition coefficient (Wildman–Crippen LogP) is 2.92. The van der Waals surface area contributed by atoms with E-state index in [0.29, 0.717) is 6.42 Å². The number of rotatable bonds is 3. The van der Waals surface area contributed by atoms with E-state index < -0.39 is 29.2 Å². The first kappa shape index (κ1) is 19.1. The number of hydrogen-bond acceptors (Lipinski definition) is 3. The number of amides is 2. The number of carbonyl (C=O) groups excluding carboxylic acids is 2. The molecule has 6 nitrogen and oxygen atoms in total. The number of ketones is 1. The molecule has 29 heavy (non-hydrogen) atoms. The van der Waals surface area contributed by atoms with Crippen molar-refractivity contribution < 1.29 is 23.9 Å². The van der Waals surface area contributed by atoms with Crippen molar-refractivity contribution in [3.8, 4) is 0 Å². The number of fused-ring (bicyclic) bond motifs is 1. The molecule has 1 fully saturated rings. The van der Waals surface area contributed by atoms with Gasteiger partial charge in [0.15, 0.2) is 5.78 Å². The van der Waals surface area contributed by atoms with Crippen LogP contribution in [-0.4, -0.2) is 40.9 Å². The molecule has 3 unspecified atom stereocenters. The number of urea groups is 1. The Balaban J connectivity index is 1.87. The SMILES string of the molecule is NC(=O)N1CCC(C2(C(=O)O)CC(=O)c3ccc(F)cc32)C(c2ccccc2)C1. The summed E-state index contributed by atoms with van der Waals surface area (Å²) in [6.45, 7) is 0.537. The largest absolute Gasteiger partial charge is 0.481 e. The number of piperidine rings is 1. The summed E-state index contributed by atoms with van der Waals surface area (Å²) in [6, 6.07) is 12.4. The van der Waals surface area contributed by atoms with E-state index in [-0.39, 0.29) is 42.3 Å². The summed E-state index contributed by atoms with van der Waals surface area (Å²) in [6.07, 6.45) is 0.129. The molecule has 150 valence electrons. The monoisotopic (exact) mass is 396 g/mol. The molecule has 1 aliphatic carbocycles. The molecule has 0 bridgehead atoms. The lowest BCUT2D eigenvalue weighted by Crippen LogP contribution is -2.53. The number of carboxylic acid groups (broad SMARTS) is 1. The third kappa shape index (κ3) is 2.97. The quantitative estimate of drug-likeness (QED) is 0.833. The Hall–Kier alpha value is -3.22. The Morgan fingerprint density at radius 1 is 1.17 bits per heavy atom. The number of likely N-dealkylation sites (tertiary alicyclic amines) is 1. The smallest absolute Gasteiger partial charge is 0.314 e. The Morgan fingerprint density at radius 2 is 1.90 bits per heavy atom. The number of nitrogens with zero attached hydrogens (tertiary/aromatic N) is 1. The second-order valence-corrected chi connectivity index (χ2v) is 7.76. The van der Waals surface area contributed by atoms with Crippen molar-refractivity contribution in [3.63, 3.8) is 0 Å². The van der Waals surface area contributed by atoms with Gasteiger partial charge in [-0.1, -0.05) is 30.3 Å². The van der Waals surface area contributed by atoms with Crippen molar-refractivity contribution in [2.24, 2.45) is 11.7 Å². The average molecular weight is 396 g/mol. The Bertz CT molecular complexity index is 994. The average Bonchev–Trinajstić information content (AvgIpc) is 3.01. The maximum absolute atomic E-state index is 14.1. The standard InChI is InChI=1S/C22H21FN2O4/c23-14-6-7-15-18(10-14)22(20(27)28,11-19(15)26)17-8-9-25(21(24)29)12-16(17)13-4-2-1-3-5-13/h1-7,10,16-17H,8-9,11-12H2,(H2,24,29)(H,27,28). The molecule has 0 spiro atoms. The van der Waals surface area contributed by atoms with Crippen molar-refractivity contribution in [2.75, 3.05) is 13.1 Å². The van der Waals surface area contributed by atoms with Crippen molar-refractivity contribution in [1.82, 2.24) is 4.90 Å². The minimum absolute atomic E-state index is 0.217. The number of benzene rings is 2. The van der Waals surface area contributed by atoms with Crippen LogP contribution in [0.25, 0.3) is 0 Å². The Labute approximate surface area is 167 Å². The first-order valence-corrected chi connectivity index (χ1v) is 9.50. The van der Waals surface area contributed by atoms with Crippen molar-refractivity contribution >= 4 is 17.8 Å². The van der Waals surface area contributed by atoms with Gasteiger partial charge in [-0.2, -0.15) is 0 Å². The highest BCUT2D eigenvalue weighted by Crippen LogP contribution is 2.52. The van der Waals surface area contributed by atoms with Crippen LogP contribution >= 0.6 is 0 Å². The summed E-state index contributed by atoms with van der Waals surface area (Å²) < 4.78 is 14.1. The van der Waals surface area contributed by atoms with Gasteiger partial charge in [0.1, 0.15) is 11.2 Å². The van der Waals surface area contributed by atoms with E-state index >= 15 is 0 Å². The van der Waals surface area contributed by atoms with E-state index in [0.717, 1.165) is 5.56 Å². The molecule has 2 aliphatic rings. The zero-order valence-electron chi connectivity index (χ0n) is 15.7. The van der Waals surface area contributed by atoms with E-state index in [1.54, 1.807) is 0 Å². The van der Waals surface area contributed by atoms with Crippen molar-refractivity contribution in [3.05, 3.63) is 71.0 Å². The second-order valence-electron chi connectivity index (χ2n) is 7.76. The molecule has 0 aromatic heterocycles. The van der Waals surface area contributed by atoms with E-state index in [4.69, 9.17) is 5.73 Å². The van der Waals surface area contributed by atoms with Crippen LogP contribution in [0, 0.1) is 11.7 Å². The van der Waals surface area contributed by atoms with Gasteiger partial charge in [0.05, 0.1) is 0 Å². The van der Waals surface area contributed by atoms with E-state index in [9.17, 15) is 23.9 Å². The van der Waals surface area contributed by atoms with Crippen LogP contribution in [0.15, 0.2) is 48.5 Å². The number of halogens is 1. The third-order valence-electron chi connectivity index (χ3n) is 6.37. The molecule has 2 aromatic rings. The van der Waals surface area contributed by atoms with Gasteiger partial charge in [0, 0.05) is 31.0 Å². The normalized spacial score (nSPS) is 26.2. The van der Waals surface area contributed by atoms with Gasteiger partial charge in [-0.25, -0.2) is 9.18 Å². The molecule has 3 N–H and O–H groups in total. The van der Waals surface area contributed by atoms with Gasteiger partial charge in [-0.15, -0.1) is 0 Å². The first-order valence-electron chi connectivity index (χ1n) is 9.50. The maximum atomic E-state index is 14.1. The Kier molecular flexibility index (Phi) is 4.61. The minimum atomic E-state index is -1.54. The molecule has 2 amide bonds. The van der Waals surface area contributed by atoms with Gasteiger partial charge in [0.25, 0.3) is 0 Å². The van der Waals surface area contributed by atoms with Crippen LogP contribution in [-0.2, 0) is 10.2 Å². The van der Waals surface area contributed by atoms with Crippen molar-refractivity contribution in [1.29, 1.82) is 0 Å². The predicted molar refractivity (Wildman–Crippen MR) is 103 cm³/mol. The zero-order valence-corrected chi connectivity index (χ0v) is 15.7. The lowest BCUT2D eigenvalue weighted by molar-refractivity contribution is -0.147. The fourth-order valence-corrected chi connectivity index (χ4v) is 5.03. The van der Waals surface area contributed by atoms with E-state index in [2.05, 4.69) is 0 Å². The van der Waals surface area contributed by atoms with Gasteiger partial charge >= 0.3 is 12.0 Å². The molecule has 7 heteroatoms. The Morgan fingerprint density at radius 3 is 2.55 bits per heavy atom. The fourth-order valence-electron chi connectivity index (χ4n) is 5.03. The summed E-state index contributed by atoms with van der Waals surface area (Å²) in [5.41, 5.74) is 5.30. The number of primary amides is 1. The summed E-state index contributed by atoms with van der Waals surface area (Å²) in [4.78, 5) is 38.6. The summed E-state index contributed by atoms with van der Waals surface area (Å²) in [7, 11) is 0. The molecule has 0 saturated carbocycles. The van der Waals surface area contributed by atoms with Crippen LogP contribution in [0.4, 0.5) is 9.18 Å².